The molecule has 10 nitrogen and oxygen atoms in total. The van der Waals surface area contributed by atoms with Crippen LogP contribution in [-0.2, 0) is 16.1 Å². The number of aliphatic hydroxyl groups is 3. The van der Waals surface area contributed by atoms with E-state index < -0.39 is 65.5 Å². The van der Waals surface area contributed by atoms with Gasteiger partial charge in [-0.25, -0.2) is 13.6 Å². The summed E-state index contributed by atoms with van der Waals surface area (Å²) >= 11 is 7.56. The molecule has 2 aliphatic rings. The monoisotopic (exact) mass is 586 g/mol. The number of nitrogens with one attached hydrogen (secondary N) is 1. The van der Waals surface area contributed by atoms with Crippen molar-refractivity contribution >= 4 is 29.3 Å². The fourth-order valence-electron chi connectivity index (χ4n) is 5.15. The van der Waals surface area contributed by atoms with E-state index in [0.29, 0.717) is 32.2 Å². The molecule has 218 valence electrons. The van der Waals surface area contributed by atoms with Gasteiger partial charge in [0.25, 0.3) is 0 Å². The Hall–Kier alpha value is -1.22. The number of aryl methyl sites for hydroxylation is 1. The number of alkyl halides is 3. The number of halogens is 3. The maximum Gasteiger partial charge on any atom is 0.519 e. The van der Waals surface area contributed by atoms with Gasteiger partial charge in [-0.05, 0) is 58.2 Å². The number of likely N-dealkylation sites (tertiary alicyclic amines) is 1. The number of hydrogen-bond acceptors (Lipinski definition) is 10. The van der Waals surface area contributed by atoms with Crippen LogP contribution in [0, 0.1) is 12.8 Å². The summed E-state index contributed by atoms with van der Waals surface area (Å²) in [6.07, 6.45) is -4.57. The molecule has 3 rings (SSSR count). The second-order valence-electron chi connectivity index (χ2n) is 10.0. The van der Waals surface area contributed by atoms with Crippen molar-refractivity contribution in [3.63, 3.8) is 0 Å². The van der Waals surface area contributed by atoms with Gasteiger partial charge in [0.15, 0.2) is 5.76 Å². The Balaban J connectivity index is 1.81. The van der Waals surface area contributed by atoms with Crippen LogP contribution < -0.4 is 11.1 Å². The van der Waals surface area contributed by atoms with Gasteiger partial charge in [0, 0.05) is 6.42 Å². The number of thioether (sulfide) groups is 1. The zero-order chi connectivity index (χ0) is 28.1. The molecular weight excluding hydrogens is 550 g/mol. The van der Waals surface area contributed by atoms with Gasteiger partial charge in [-0.3, -0.25) is 9.69 Å². The molecular formula is C24H37ClF2N2O8S. The Morgan fingerprint density at radius 2 is 1.89 bits per heavy atom. The third kappa shape index (κ3) is 7.70. The molecule has 1 amide bonds. The lowest BCUT2D eigenvalue weighted by molar-refractivity contribution is -0.205. The lowest BCUT2D eigenvalue weighted by Gasteiger charge is -2.44. The predicted molar refractivity (Wildman–Crippen MR) is 136 cm³/mol. The molecule has 38 heavy (non-hydrogen) atoms. The van der Waals surface area contributed by atoms with Gasteiger partial charge >= 0.3 is 5.82 Å². The molecule has 1 aromatic heterocycles. The second kappa shape index (κ2) is 13.9. The smallest absolute Gasteiger partial charge is 0.396 e. The van der Waals surface area contributed by atoms with Crippen LogP contribution in [0.25, 0.3) is 0 Å². The van der Waals surface area contributed by atoms with Crippen molar-refractivity contribution < 1.29 is 42.5 Å². The highest BCUT2D eigenvalue weighted by molar-refractivity contribution is 7.99. The number of rotatable bonds is 10. The zero-order valence-corrected chi connectivity index (χ0v) is 23.2. The first-order valence-corrected chi connectivity index (χ1v) is 14.4. The molecule has 3 heterocycles. The van der Waals surface area contributed by atoms with Gasteiger partial charge < -0.3 is 34.2 Å². The third-order valence-corrected chi connectivity index (χ3v) is 8.51. The summed E-state index contributed by atoms with van der Waals surface area (Å²) in [6.45, 7) is 3.68. The van der Waals surface area contributed by atoms with E-state index in [1.165, 1.54) is 0 Å². The highest BCUT2D eigenvalue weighted by Crippen LogP contribution is 2.32. The minimum absolute atomic E-state index is 0.00743. The molecule has 0 saturated carbocycles. The molecule has 2 saturated heterocycles. The highest BCUT2D eigenvalue weighted by Gasteiger charge is 2.48. The van der Waals surface area contributed by atoms with Gasteiger partial charge in [-0.2, -0.15) is 0 Å². The Morgan fingerprint density at radius 3 is 2.47 bits per heavy atom. The van der Waals surface area contributed by atoms with Crippen LogP contribution in [0.2, 0.25) is 0 Å². The van der Waals surface area contributed by atoms with Crippen molar-refractivity contribution in [3.05, 3.63) is 22.1 Å². The van der Waals surface area contributed by atoms with Crippen LogP contribution in [-0.4, -0.2) is 92.7 Å². The van der Waals surface area contributed by atoms with Gasteiger partial charge in [0.1, 0.15) is 35.6 Å². The molecule has 2 aliphatic heterocycles. The van der Waals surface area contributed by atoms with E-state index in [1.807, 2.05) is 4.90 Å². The fraction of sp³-hybridized carbons (Fsp3) is 0.833. The number of nitrogens with zero attached hydrogens (tertiary/aromatic N) is 1. The Labute approximate surface area is 229 Å². The number of hydrogen-bond donors (Lipinski definition) is 4. The van der Waals surface area contributed by atoms with Crippen molar-refractivity contribution in [1.82, 2.24) is 10.2 Å². The highest BCUT2D eigenvalue weighted by atomic mass is 35.5. The molecule has 9 unspecified atom stereocenters. The average Bonchev–Trinajstić information content (AvgIpc) is 3.04. The number of amides is 1. The quantitative estimate of drug-likeness (QED) is 0.300. The van der Waals surface area contributed by atoms with E-state index in [9.17, 15) is 33.7 Å². The molecule has 0 spiro atoms. The van der Waals surface area contributed by atoms with E-state index >= 15 is 0 Å². The first-order chi connectivity index (χ1) is 17.9. The number of carbonyl (C=O) groups excluding carboxylic acids is 1. The van der Waals surface area contributed by atoms with Gasteiger partial charge in [-0.15, -0.1) is 23.4 Å². The number of ether oxygens (including phenoxy) is 1. The Kier molecular flexibility index (Phi) is 11.5. The SMILES string of the molecule is CSC1OC(C(NC(=O)C2CCC(CCC(F)F)CCN2Cc2oc(=O)oc2C)C(C)Cl)C(O)C(O)C1O. The van der Waals surface area contributed by atoms with E-state index in [0.717, 1.165) is 11.8 Å². The van der Waals surface area contributed by atoms with Crippen LogP contribution in [0.5, 0.6) is 0 Å². The zero-order valence-electron chi connectivity index (χ0n) is 21.6. The van der Waals surface area contributed by atoms with Crippen LogP contribution in [0.4, 0.5) is 8.78 Å². The molecule has 0 aromatic carbocycles. The lowest BCUT2D eigenvalue weighted by Crippen LogP contribution is -2.65. The summed E-state index contributed by atoms with van der Waals surface area (Å²) < 4.78 is 41.6. The number of aliphatic hydroxyl groups excluding tert-OH is 3. The van der Waals surface area contributed by atoms with Crippen molar-refractivity contribution in [1.29, 1.82) is 0 Å². The maximum atomic E-state index is 13.7. The average molecular weight is 587 g/mol. The summed E-state index contributed by atoms with van der Waals surface area (Å²) in [5, 5.41) is 33.3. The molecule has 0 bridgehead atoms. The van der Waals surface area contributed by atoms with E-state index in [1.54, 1.807) is 20.1 Å². The van der Waals surface area contributed by atoms with Gasteiger partial charge in [0.2, 0.25) is 12.3 Å². The van der Waals surface area contributed by atoms with Gasteiger partial charge in [-0.1, -0.05) is 0 Å². The summed E-state index contributed by atoms with van der Waals surface area (Å²) in [4.78, 5) is 27.1. The fourth-order valence-corrected chi connectivity index (χ4v) is 6.03. The molecule has 9 atom stereocenters. The topological polar surface area (TPSA) is 146 Å². The van der Waals surface area contributed by atoms with Crippen molar-refractivity contribution in [2.45, 2.75) is 106 Å². The van der Waals surface area contributed by atoms with Crippen LogP contribution >= 0.6 is 23.4 Å². The van der Waals surface area contributed by atoms with Crippen molar-refractivity contribution in [2.75, 3.05) is 12.8 Å². The molecule has 2 fully saturated rings. The van der Waals surface area contributed by atoms with Crippen LogP contribution in [0.3, 0.4) is 0 Å². The van der Waals surface area contributed by atoms with Crippen molar-refractivity contribution in [3.8, 4) is 0 Å². The van der Waals surface area contributed by atoms with E-state index in [4.69, 9.17) is 25.2 Å². The molecule has 4 N–H and O–H groups in total. The largest absolute Gasteiger partial charge is 0.519 e. The predicted octanol–water partition coefficient (Wildman–Crippen LogP) is 1.84. The first-order valence-electron chi connectivity index (χ1n) is 12.7. The minimum atomic E-state index is -2.40. The number of carbonyl (C=O) groups is 1. The third-order valence-electron chi connectivity index (χ3n) is 7.39. The summed E-state index contributed by atoms with van der Waals surface area (Å²) in [5.41, 5.74) is -0.842. The standard InChI is InChI=1S/C24H37ClF2N2O8S/c1-11(25)17(21-19(31)18(30)20(32)23(37-21)38-3)28-22(33)14-6-4-13(5-7-16(26)27)8-9-29(14)10-15-12(2)35-24(34)36-15/h11,13-14,16-21,23,30-32H,4-10H2,1-3H3,(H,28,33). The lowest BCUT2D eigenvalue weighted by atomic mass is 9.92. The summed E-state index contributed by atoms with van der Waals surface area (Å²) in [5.74, 6) is -0.738. The molecule has 14 heteroatoms. The maximum absolute atomic E-state index is 13.7. The Morgan fingerprint density at radius 1 is 1.18 bits per heavy atom. The first kappa shape index (κ1) is 31.3. The van der Waals surface area contributed by atoms with E-state index in [-0.39, 0.29) is 30.4 Å². The van der Waals surface area contributed by atoms with Gasteiger partial charge in [0.05, 0.1) is 24.0 Å². The normalized spacial score (nSPS) is 32.6. The molecule has 1 aromatic rings. The van der Waals surface area contributed by atoms with Crippen LogP contribution in [0.15, 0.2) is 13.6 Å². The van der Waals surface area contributed by atoms with Crippen molar-refractivity contribution in [2.24, 2.45) is 5.92 Å². The van der Waals surface area contributed by atoms with E-state index in [2.05, 4.69) is 5.32 Å². The van der Waals surface area contributed by atoms with Crippen LogP contribution in [0.1, 0.15) is 50.5 Å². The second-order valence-corrected chi connectivity index (χ2v) is 11.6. The minimum Gasteiger partial charge on any atom is -0.396 e. The summed E-state index contributed by atoms with van der Waals surface area (Å²) in [6, 6.07) is -1.65. The summed E-state index contributed by atoms with van der Waals surface area (Å²) in [7, 11) is 0. The molecule has 0 aliphatic carbocycles. The molecule has 0 radical (unpaired) electrons. The Bertz CT molecular complexity index is 964.